The Morgan fingerprint density at radius 1 is 0.607 bits per heavy atom. The van der Waals surface area contributed by atoms with Crippen molar-refractivity contribution in [1.29, 1.82) is 0 Å². The molecule has 28 heavy (non-hydrogen) atoms. The summed E-state index contributed by atoms with van der Waals surface area (Å²) in [6.07, 6.45) is 3.54. The summed E-state index contributed by atoms with van der Waals surface area (Å²) in [6, 6.07) is 20.7. The first-order valence-electron chi connectivity index (χ1n) is 8.91. The Kier molecular flexibility index (Phi) is 3.66. The summed E-state index contributed by atoms with van der Waals surface area (Å²) in [5.41, 5.74) is 5.80. The zero-order chi connectivity index (χ0) is 19.1. The van der Waals surface area contributed by atoms with E-state index in [-0.39, 0.29) is 11.8 Å². The van der Waals surface area contributed by atoms with Gasteiger partial charge in [-0.2, -0.15) is 0 Å². The molecule has 2 amide bonds. The van der Waals surface area contributed by atoms with Crippen LogP contribution in [0.5, 0.6) is 0 Å². The van der Waals surface area contributed by atoms with Crippen LogP contribution in [0.3, 0.4) is 0 Å². The number of hydrogen-bond acceptors (Lipinski definition) is 3. The molecule has 1 aromatic heterocycles. The second-order valence-electron chi connectivity index (χ2n) is 6.60. The van der Waals surface area contributed by atoms with Crippen LogP contribution in [0.15, 0.2) is 66.7 Å². The lowest BCUT2D eigenvalue weighted by Gasteiger charge is -2.01. The predicted molar refractivity (Wildman–Crippen MR) is 110 cm³/mol. The largest absolute Gasteiger partial charge is 0.321 e. The topological polar surface area (TPSA) is 71.1 Å². The molecule has 0 bridgehead atoms. The van der Waals surface area contributed by atoms with Crippen molar-refractivity contribution >= 4 is 46.5 Å². The Bertz CT molecular complexity index is 1120. The van der Waals surface area contributed by atoms with E-state index >= 15 is 0 Å². The molecule has 3 aromatic rings. The van der Waals surface area contributed by atoms with Crippen molar-refractivity contribution in [3.63, 3.8) is 0 Å². The maximum Gasteiger partial charge on any atom is 0.256 e. The van der Waals surface area contributed by atoms with Crippen molar-refractivity contribution in [3.05, 3.63) is 89.2 Å². The number of hydrogen-bond donors (Lipinski definition) is 2. The quantitative estimate of drug-likeness (QED) is 0.673. The molecule has 134 valence electrons. The molecule has 0 spiro atoms. The molecule has 5 nitrogen and oxygen atoms in total. The normalized spacial score (nSPS) is 17.4. The molecule has 2 aromatic carbocycles. The molecule has 5 rings (SSSR count). The van der Waals surface area contributed by atoms with Crippen LogP contribution in [0.4, 0.5) is 11.4 Å². The maximum absolute atomic E-state index is 12.3. The minimum atomic E-state index is -0.143. The molecule has 0 aliphatic carbocycles. The number of rotatable bonds is 2. The third kappa shape index (κ3) is 2.70. The van der Waals surface area contributed by atoms with E-state index in [1.165, 1.54) is 0 Å². The molecule has 2 aliphatic heterocycles. The van der Waals surface area contributed by atoms with Crippen LogP contribution in [-0.2, 0) is 9.59 Å². The van der Waals surface area contributed by atoms with Crippen LogP contribution < -0.4 is 10.6 Å². The average molecular weight is 365 g/mol. The number of nitrogens with one attached hydrogen (secondary N) is 2. The summed E-state index contributed by atoms with van der Waals surface area (Å²) in [5.74, 6) is -0.285. The highest BCUT2D eigenvalue weighted by Crippen LogP contribution is 2.34. The number of anilines is 2. The van der Waals surface area contributed by atoms with E-state index in [9.17, 15) is 9.59 Å². The van der Waals surface area contributed by atoms with E-state index in [1.54, 1.807) is 12.2 Å². The van der Waals surface area contributed by atoms with Crippen LogP contribution in [0, 0.1) is 0 Å². The molecule has 3 heterocycles. The maximum atomic E-state index is 12.3. The van der Waals surface area contributed by atoms with Gasteiger partial charge in [-0.15, -0.1) is 0 Å². The molecule has 0 saturated heterocycles. The van der Waals surface area contributed by atoms with Gasteiger partial charge < -0.3 is 10.6 Å². The van der Waals surface area contributed by atoms with Crippen LogP contribution in [-0.4, -0.2) is 16.8 Å². The van der Waals surface area contributed by atoms with Crippen LogP contribution in [0.25, 0.3) is 23.3 Å². The second kappa shape index (κ2) is 6.32. The number of aromatic nitrogens is 1. The summed E-state index contributed by atoms with van der Waals surface area (Å²) >= 11 is 0. The molecule has 0 unspecified atom stereocenters. The van der Waals surface area contributed by atoms with Crippen molar-refractivity contribution < 1.29 is 9.59 Å². The fourth-order valence-corrected chi connectivity index (χ4v) is 3.49. The van der Waals surface area contributed by atoms with Crippen molar-refractivity contribution in [1.82, 2.24) is 4.98 Å². The molecule has 0 atom stereocenters. The Hall–Kier alpha value is -3.99. The summed E-state index contributed by atoms with van der Waals surface area (Å²) in [7, 11) is 0. The fourth-order valence-electron chi connectivity index (χ4n) is 3.49. The summed E-state index contributed by atoms with van der Waals surface area (Å²) in [6.45, 7) is 0. The van der Waals surface area contributed by atoms with Crippen molar-refractivity contribution in [2.45, 2.75) is 0 Å². The number of nitrogens with zero attached hydrogens (tertiary/aromatic N) is 1. The van der Waals surface area contributed by atoms with E-state index in [1.807, 2.05) is 66.7 Å². The number of fused-ring (bicyclic) bond motifs is 2. The Balaban J connectivity index is 1.54. The van der Waals surface area contributed by atoms with Crippen molar-refractivity contribution in [2.24, 2.45) is 0 Å². The van der Waals surface area contributed by atoms with E-state index in [2.05, 4.69) is 15.6 Å². The number of carbonyl (C=O) groups excluding carboxylic acids is 2. The van der Waals surface area contributed by atoms with Crippen LogP contribution in [0.1, 0.15) is 22.5 Å². The number of pyridine rings is 1. The van der Waals surface area contributed by atoms with E-state index in [0.29, 0.717) is 22.5 Å². The highest BCUT2D eigenvalue weighted by molar-refractivity contribution is 6.35. The van der Waals surface area contributed by atoms with Gasteiger partial charge in [0, 0.05) is 22.5 Å². The van der Waals surface area contributed by atoms with Gasteiger partial charge in [-0.3, -0.25) is 9.59 Å². The number of carbonyl (C=O) groups is 2. The van der Waals surface area contributed by atoms with Crippen molar-refractivity contribution in [2.75, 3.05) is 10.6 Å². The highest BCUT2D eigenvalue weighted by atomic mass is 16.2. The van der Waals surface area contributed by atoms with E-state index in [4.69, 9.17) is 0 Å². The highest BCUT2D eigenvalue weighted by Gasteiger charge is 2.24. The third-order valence-electron chi connectivity index (χ3n) is 4.80. The smallest absolute Gasteiger partial charge is 0.256 e. The van der Waals surface area contributed by atoms with Gasteiger partial charge in [0.2, 0.25) is 0 Å². The van der Waals surface area contributed by atoms with Crippen LogP contribution >= 0.6 is 0 Å². The zero-order valence-corrected chi connectivity index (χ0v) is 14.8. The fraction of sp³-hybridized carbons (Fsp3) is 0. The molecular formula is C23H15N3O2. The van der Waals surface area contributed by atoms with Gasteiger partial charge in [0.05, 0.1) is 22.5 Å². The summed E-state index contributed by atoms with van der Waals surface area (Å²) < 4.78 is 0. The van der Waals surface area contributed by atoms with Gasteiger partial charge in [-0.1, -0.05) is 42.5 Å². The molecule has 0 radical (unpaired) electrons. The average Bonchev–Trinajstić information content (AvgIpc) is 3.19. The monoisotopic (exact) mass is 365 g/mol. The van der Waals surface area contributed by atoms with Crippen molar-refractivity contribution in [3.8, 4) is 0 Å². The lowest BCUT2D eigenvalue weighted by atomic mass is 10.0. The predicted octanol–water partition coefficient (Wildman–Crippen LogP) is 4.07. The first-order chi connectivity index (χ1) is 13.7. The lowest BCUT2D eigenvalue weighted by molar-refractivity contribution is -0.111. The Morgan fingerprint density at radius 3 is 1.57 bits per heavy atom. The number of benzene rings is 2. The van der Waals surface area contributed by atoms with E-state index in [0.717, 1.165) is 22.5 Å². The van der Waals surface area contributed by atoms with Gasteiger partial charge in [-0.25, -0.2) is 4.98 Å². The minimum absolute atomic E-state index is 0.143. The van der Waals surface area contributed by atoms with Gasteiger partial charge in [0.1, 0.15) is 0 Å². The molecule has 2 N–H and O–H groups in total. The first-order valence-corrected chi connectivity index (χ1v) is 8.91. The standard InChI is InChI=1S/C23H15N3O2/c27-22-18(16-8-1-3-10-20(16)25-22)12-14-6-5-7-15(24-14)13-19-17-9-2-4-11-21(17)26-23(19)28/h1-13H,(H,25,27)(H,26,28)/b18-12+,19-13+. The van der Waals surface area contributed by atoms with Gasteiger partial charge in [0.25, 0.3) is 11.8 Å². The second-order valence-corrected chi connectivity index (χ2v) is 6.60. The number of para-hydroxylation sites is 2. The molecular weight excluding hydrogens is 350 g/mol. The zero-order valence-electron chi connectivity index (χ0n) is 14.8. The molecule has 5 heteroatoms. The van der Waals surface area contributed by atoms with Gasteiger partial charge in [0.15, 0.2) is 0 Å². The Morgan fingerprint density at radius 2 is 1.07 bits per heavy atom. The van der Waals surface area contributed by atoms with Gasteiger partial charge >= 0.3 is 0 Å². The van der Waals surface area contributed by atoms with Gasteiger partial charge in [-0.05, 0) is 36.4 Å². The van der Waals surface area contributed by atoms with E-state index < -0.39 is 0 Å². The Labute approximate surface area is 161 Å². The SMILES string of the molecule is O=C1Nc2ccccc2/C1=C\c1cccc(/C=C2/C(=O)Nc3ccccc32)n1. The number of amides is 2. The summed E-state index contributed by atoms with van der Waals surface area (Å²) in [5, 5.41) is 5.72. The van der Waals surface area contributed by atoms with Crippen LogP contribution in [0.2, 0.25) is 0 Å². The minimum Gasteiger partial charge on any atom is -0.321 e. The first kappa shape index (κ1) is 16.2. The lowest BCUT2D eigenvalue weighted by Crippen LogP contribution is -2.04. The summed E-state index contributed by atoms with van der Waals surface area (Å²) in [4.78, 5) is 29.2. The molecule has 0 fully saturated rings. The molecule has 2 aliphatic rings. The third-order valence-corrected chi connectivity index (χ3v) is 4.80. The molecule has 0 saturated carbocycles.